The fourth-order valence-electron chi connectivity index (χ4n) is 4.39. The number of carbonyl (C=O) groups excluding carboxylic acids is 1. The quantitative estimate of drug-likeness (QED) is 0.893. The van der Waals surface area contributed by atoms with Crippen molar-refractivity contribution in [2.24, 2.45) is 17.6 Å². The van der Waals surface area contributed by atoms with Crippen molar-refractivity contribution in [3.8, 4) is 0 Å². The first kappa shape index (κ1) is 14.5. The Balaban J connectivity index is 2.14. The van der Waals surface area contributed by atoms with E-state index < -0.39 is 0 Å². The fraction of sp³-hybridized carbons (Fsp3) is 0.588. The maximum absolute atomic E-state index is 11.6. The second-order valence-corrected chi connectivity index (χ2v) is 6.37. The van der Waals surface area contributed by atoms with Crippen molar-refractivity contribution in [1.82, 2.24) is 5.32 Å². The van der Waals surface area contributed by atoms with E-state index in [1.165, 1.54) is 12.0 Å². The molecule has 0 aromatic heterocycles. The average molecular weight is 288 g/mol. The standard InChI is InChI=1S/C17H24N2O2/c1-11-6-7-12(16(18)20)8-15(11)17(21-2)13-4-3-5-14(17)10-19-9-13/h6-8,13-14,19H,3-5,9-10H2,1-2H3,(H2,18,20). The van der Waals surface area contributed by atoms with Crippen molar-refractivity contribution in [1.29, 1.82) is 0 Å². The molecule has 2 bridgehead atoms. The van der Waals surface area contributed by atoms with Gasteiger partial charge in [-0.15, -0.1) is 0 Å². The topological polar surface area (TPSA) is 64.3 Å². The third kappa shape index (κ3) is 2.17. The minimum absolute atomic E-state index is 0.279. The van der Waals surface area contributed by atoms with E-state index in [1.807, 2.05) is 19.2 Å². The maximum Gasteiger partial charge on any atom is 0.248 e. The van der Waals surface area contributed by atoms with Crippen LogP contribution in [0.5, 0.6) is 0 Å². The zero-order chi connectivity index (χ0) is 15.0. The molecule has 1 saturated carbocycles. The smallest absolute Gasteiger partial charge is 0.248 e. The van der Waals surface area contributed by atoms with E-state index in [1.54, 1.807) is 6.07 Å². The summed E-state index contributed by atoms with van der Waals surface area (Å²) in [5, 5.41) is 3.53. The van der Waals surface area contributed by atoms with Gasteiger partial charge in [-0.05, 0) is 43.0 Å². The van der Waals surface area contributed by atoms with Gasteiger partial charge >= 0.3 is 0 Å². The number of aryl methyl sites for hydroxylation is 1. The van der Waals surface area contributed by atoms with Gasteiger partial charge in [0.25, 0.3) is 0 Å². The highest BCUT2D eigenvalue weighted by Gasteiger charge is 2.51. The number of rotatable bonds is 3. The Morgan fingerprint density at radius 1 is 1.33 bits per heavy atom. The molecule has 1 aromatic rings. The normalized spacial score (nSPS) is 31.9. The van der Waals surface area contributed by atoms with E-state index in [0.717, 1.165) is 31.5 Å². The number of ether oxygens (including phenoxy) is 1. The van der Waals surface area contributed by atoms with E-state index >= 15 is 0 Å². The molecular weight excluding hydrogens is 264 g/mol. The van der Waals surface area contributed by atoms with Gasteiger partial charge in [-0.25, -0.2) is 0 Å². The predicted molar refractivity (Wildman–Crippen MR) is 82.1 cm³/mol. The van der Waals surface area contributed by atoms with Gasteiger partial charge in [0.05, 0.1) is 0 Å². The molecule has 4 nitrogen and oxygen atoms in total. The largest absolute Gasteiger partial charge is 0.373 e. The van der Waals surface area contributed by atoms with Crippen molar-refractivity contribution in [3.63, 3.8) is 0 Å². The Morgan fingerprint density at radius 2 is 2.00 bits per heavy atom. The highest BCUT2D eigenvalue weighted by atomic mass is 16.5. The van der Waals surface area contributed by atoms with E-state index in [0.29, 0.717) is 17.4 Å². The molecule has 0 radical (unpaired) electrons. The molecule has 1 saturated heterocycles. The molecule has 1 aromatic carbocycles. The Bertz CT molecular complexity index is 534. The van der Waals surface area contributed by atoms with Gasteiger partial charge in [0.2, 0.25) is 5.91 Å². The number of carbonyl (C=O) groups is 1. The van der Waals surface area contributed by atoms with E-state index in [9.17, 15) is 4.79 Å². The minimum Gasteiger partial charge on any atom is -0.373 e. The number of nitrogens with one attached hydrogen (secondary N) is 1. The molecule has 4 heteroatoms. The van der Waals surface area contributed by atoms with Gasteiger partial charge in [0.1, 0.15) is 5.60 Å². The zero-order valence-corrected chi connectivity index (χ0v) is 12.8. The first-order valence-electron chi connectivity index (χ1n) is 7.76. The molecule has 2 atom stereocenters. The lowest BCUT2D eigenvalue weighted by Gasteiger charge is -2.53. The second-order valence-electron chi connectivity index (χ2n) is 6.37. The molecule has 1 amide bonds. The van der Waals surface area contributed by atoms with Crippen molar-refractivity contribution >= 4 is 5.91 Å². The lowest BCUT2D eigenvalue weighted by atomic mass is 9.62. The maximum atomic E-state index is 11.6. The number of hydrogen-bond acceptors (Lipinski definition) is 3. The van der Waals surface area contributed by atoms with Crippen molar-refractivity contribution in [2.45, 2.75) is 31.8 Å². The Kier molecular flexibility index (Phi) is 3.76. The van der Waals surface area contributed by atoms with E-state index in [2.05, 4.69) is 12.2 Å². The molecule has 1 aliphatic carbocycles. The third-order valence-electron chi connectivity index (χ3n) is 5.38. The molecule has 2 aliphatic rings. The molecule has 1 heterocycles. The van der Waals surface area contributed by atoms with Crippen LogP contribution in [-0.4, -0.2) is 26.1 Å². The predicted octanol–water partition coefficient (Wildman–Crippen LogP) is 1.96. The number of fused-ring (bicyclic) bond motifs is 2. The summed E-state index contributed by atoms with van der Waals surface area (Å²) in [4.78, 5) is 11.6. The van der Waals surface area contributed by atoms with Crippen LogP contribution in [0.3, 0.4) is 0 Å². The first-order valence-corrected chi connectivity index (χ1v) is 7.76. The van der Waals surface area contributed by atoms with Crippen LogP contribution in [0.2, 0.25) is 0 Å². The number of hydrogen-bond donors (Lipinski definition) is 2. The van der Waals surface area contributed by atoms with Crippen molar-refractivity contribution in [3.05, 3.63) is 34.9 Å². The SMILES string of the molecule is COC1(c2cc(C(N)=O)ccc2C)C2CCCC1CNC2. The number of methoxy groups -OCH3 is 1. The molecule has 21 heavy (non-hydrogen) atoms. The highest BCUT2D eigenvalue weighted by molar-refractivity contribution is 5.93. The summed E-state index contributed by atoms with van der Waals surface area (Å²) >= 11 is 0. The summed E-state index contributed by atoms with van der Waals surface area (Å²) in [6, 6.07) is 5.76. The molecule has 3 N–H and O–H groups in total. The van der Waals surface area contributed by atoms with E-state index in [4.69, 9.17) is 10.5 Å². The van der Waals surface area contributed by atoms with Crippen LogP contribution in [0.15, 0.2) is 18.2 Å². The van der Waals surface area contributed by atoms with Gasteiger partial charge in [0, 0.05) is 37.6 Å². The Morgan fingerprint density at radius 3 is 2.57 bits per heavy atom. The lowest BCUT2D eigenvalue weighted by Crippen LogP contribution is -2.58. The summed E-state index contributed by atoms with van der Waals surface area (Å²) < 4.78 is 6.16. The van der Waals surface area contributed by atoms with Crippen LogP contribution in [0.25, 0.3) is 0 Å². The van der Waals surface area contributed by atoms with Gasteiger partial charge in [0.15, 0.2) is 0 Å². The summed E-state index contributed by atoms with van der Waals surface area (Å²) in [7, 11) is 1.81. The van der Waals surface area contributed by atoms with Crippen LogP contribution in [0, 0.1) is 18.8 Å². The van der Waals surface area contributed by atoms with Gasteiger partial charge in [-0.1, -0.05) is 12.5 Å². The van der Waals surface area contributed by atoms with Crippen LogP contribution in [-0.2, 0) is 10.3 Å². The average Bonchev–Trinajstić information content (AvgIpc) is 2.46. The van der Waals surface area contributed by atoms with Crippen molar-refractivity contribution in [2.75, 3.05) is 20.2 Å². The molecule has 114 valence electrons. The summed E-state index contributed by atoms with van der Waals surface area (Å²) in [6.07, 6.45) is 3.59. The number of primary amides is 1. The Hall–Kier alpha value is -1.39. The highest BCUT2D eigenvalue weighted by Crippen LogP contribution is 2.50. The molecule has 0 spiro atoms. The molecular formula is C17H24N2O2. The number of benzene rings is 1. The third-order valence-corrected chi connectivity index (χ3v) is 5.38. The first-order chi connectivity index (χ1) is 10.1. The Labute approximate surface area is 126 Å². The molecule has 3 rings (SSSR count). The lowest BCUT2D eigenvalue weighted by molar-refractivity contribution is -0.144. The fourth-order valence-corrected chi connectivity index (χ4v) is 4.39. The molecule has 2 fully saturated rings. The van der Waals surface area contributed by atoms with Gasteiger partial charge < -0.3 is 15.8 Å². The summed E-state index contributed by atoms with van der Waals surface area (Å²) in [6.45, 7) is 4.05. The van der Waals surface area contributed by atoms with Crippen molar-refractivity contribution < 1.29 is 9.53 Å². The summed E-state index contributed by atoms with van der Waals surface area (Å²) in [5.74, 6) is 0.537. The second kappa shape index (κ2) is 5.43. The molecule has 2 unspecified atom stereocenters. The van der Waals surface area contributed by atoms with Crippen LogP contribution < -0.4 is 11.1 Å². The number of piperidine rings is 1. The number of amides is 1. The van der Waals surface area contributed by atoms with Crippen LogP contribution in [0.4, 0.5) is 0 Å². The minimum atomic E-state index is -0.374. The molecule has 1 aliphatic heterocycles. The summed E-state index contributed by atoms with van der Waals surface area (Å²) in [5.41, 5.74) is 8.10. The number of nitrogens with two attached hydrogens (primary N) is 1. The van der Waals surface area contributed by atoms with E-state index in [-0.39, 0.29) is 11.5 Å². The van der Waals surface area contributed by atoms with Crippen LogP contribution in [0.1, 0.15) is 40.7 Å². The zero-order valence-electron chi connectivity index (χ0n) is 12.8. The van der Waals surface area contributed by atoms with Gasteiger partial charge in [-0.3, -0.25) is 4.79 Å². The monoisotopic (exact) mass is 288 g/mol. The van der Waals surface area contributed by atoms with Gasteiger partial charge in [-0.2, -0.15) is 0 Å². The van der Waals surface area contributed by atoms with Crippen LogP contribution >= 0.6 is 0 Å².